The van der Waals surface area contributed by atoms with Gasteiger partial charge in [-0.05, 0) is 38.5 Å². The van der Waals surface area contributed by atoms with Gasteiger partial charge in [-0.25, -0.2) is 4.98 Å². The van der Waals surface area contributed by atoms with E-state index in [1.165, 1.54) is 23.4 Å². The molecule has 0 spiro atoms. The summed E-state index contributed by atoms with van der Waals surface area (Å²) in [6, 6.07) is 0. The second-order valence-corrected chi connectivity index (χ2v) is 6.67. The molecule has 1 aliphatic heterocycles. The minimum Gasteiger partial charge on any atom is -0.372 e. The summed E-state index contributed by atoms with van der Waals surface area (Å²) in [5, 5.41) is 9.45. The zero-order valence-electron chi connectivity index (χ0n) is 11.9. The van der Waals surface area contributed by atoms with E-state index in [1.807, 2.05) is 4.68 Å². The number of fused-ring (bicyclic) bond motifs is 1. The van der Waals surface area contributed by atoms with E-state index >= 15 is 0 Å². The Kier molecular flexibility index (Phi) is 3.48. The highest BCUT2D eigenvalue weighted by Gasteiger charge is 2.28. The van der Waals surface area contributed by atoms with E-state index in [-0.39, 0.29) is 6.10 Å². The Morgan fingerprint density at radius 1 is 1.29 bits per heavy atom. The van der Waals surface area contributed by atoms with E-state index in [9.17, 15) is 0 Å². The second-order valence-electron chi connectivity index (χ2n) is 5.61. The Labute approximate surface area is 127 Å². The van der Waals surface area contributed by atoms with Gasteiger partial charge in [0.25, 0.3) is 0 Å². The van der Waals surface area contributed by atoms with E-state index in [1.54, 1.807) is 11.3 Å². The average Bonchev–Trinajstić information content (AvgIpc) is 3.23. The third-order valence-electron chi connectivity index (χ3n) is 4.22. The largest absolute Gasteiger partial charge is 0.372 e. The third kappa shape index (κ3) is 2.29. The van der Waals surface area contributed by atoms with Crippen LogP contribution >= 0.6 is 11.3 Å². The predicted molar refractivity (Wildman–Crippen MR) is 79.5 cm³/mol. The quantitative estimate of drug-likeness (QED) is 0.937. The minimum absolute atomic E-state index is 0.0551. The predicted octanol–water partition coefficient (Wildman–Crippen LogP) is 1.91. The molecule has 0 bridgehead atoms. The molecule has 2 aromatic heterocycles. The maximum Gasteiger partial charge on any atom is 0.212 e. The number of thiazole rings is 1. The Bertz CT molecular complexity index is 620. The molecular formula is C14H19N5OS. The Balaban J connectivity index is 1.77. The van der Waals surface area contributed by atoms with Crippen LogP contribution in [0.4, 0.5) is 0 Å². The summed E-state index contributed by atoms with van der Waals surface area (Å²) in [7, 11) is 0. The summed E-state index contributed by atoms with van der Waals surface area (Å²) in [5.41, 5.74) is 8.89. The van der Waals surface area contributed by atoms with E-state index in [0.29, 0.717) is 6.54 Å². The number of aromatic nitrogens is 4. The Morgan fingerprint density at radius 2 is 2.19 bits per heavy atom. The zero-order valence-corrected chi connectivity index (χ0v) is 12.7. The highest BCUT2D eigenvalue weighted by Crippen LogP contribution is 2.34. The lowest BCUT2D eigenvalue weighted by Gasteiger charge is -2.11. The molecule has 21 heavy (non-hydrogen) atoms. The molecule has 2 aliphatic rings. The van der Waals surface area contributed by atoms with Crippen LogP contribution in [0.5, 0.6) is 0 Å². The number of hydrogen-bond acceptors (Lipinski definition) is 6. The van der Waals surface area contributed by atoms with Crippen LogP contribution in [0.15, 0.2) is 0 Å². The third-order valence-corrected chi connectivity index (χ3v) is 5.36. The fraction of sp³-hybridized carbons (Fsp3) is 0.643. The number of nitrogens with two attached hydrogens (primary N) is 1. The molecule has 1 fully saturated rings. The van der Waals surface area contributed by atoms with Gasteiger partial charge in [0.15, 0.2) is 0 Å². The van der Waals surface area contributed by atoms with Crippen LogP contribution in [-0.4, -0.2) is 26.6 Å². The lowest BCUT2D eigenvalue weighted by Crippen LogP contribution is -2.10. The zero-order chi connectivity index (χ0) is 14.2. The number of aryl methyl sites for hydroxylation is 2. The van der Waals surface area contributed by atoms with Gasteiger partial charge in [-0.3, -0.25) is 0 Å². The summed E-state index contributed by atoms with van der Waals surface area (Å²) in [6.07, 6.45) is 6.86. The second kappa shape index (κ2) is 5.47. The topological polar surface area (TPSA) is 78.9 Å². The molecular weight excluding hydrogens is 286 g/mol. The van der Waals surface area contributed by atoms with Crippen molar-refractivity contribution >= 4 is 11.3 Å². The molecule has 0 aromatic carbocycles. The van der Waals surface area contributed by atoms with Gasteiger partial charge in [0, 0.05) is 18.0 Å². The van der Waals surface area contributed by atoms with Crippen LogP contribution < -0.4 is 5.73 Å². The van der Waals surface area contributed by atoms with Gasteiger partial charge in [-0.1, -0.05) is 16.6 Å². The summed E-state index contributed by atoms with van der Waals surface area (Å²) < 4.78 is 7.69. The van der Waals surface area contributed by atoms with E-state index < -0.39 is 0 Å². The maximum absolute atomic E-state index is 5.82. The number of ether oxygens (including phenoxy) is 1. The monoisotopic (exact) mass is 305 g/mol. The number of rotatable bonds is 3. The summed E-state index contributed by atoms with van der Waals surface area (Å²) in [6.45, 7) is 1.19. The van der Waals surface area contributed by atoms with Crippen molar-refractivity contribution in [1.82, 2.24) is 20.0 Å². The molecule has 7 heteroatoms. The first-order valence-corrected chi connectivity index (χ1v) is 8.43. The molecule has 0 saturated carbocycles. The Morgan fingerprint density at radius 3 is 2.95 bits per heavy atom. The molecule has 1 unspecified atom stereocenters. The van der Waals surface area contributed by atoms with Crippen molar-refractivity contribution in [2.45, 2.75) is 51.2 Å². The van der Waals surface area contributed by atoms with Crippen LogP contribution in [0, 0.1) is 0 Å². The van der Waals surface area contributed by atoms with Gasteiger partial charge < -0.3 is 10.5 Å². The molecule has 1 atom stereocenters. The highest BCUT2D eigenvalue weighted by molar-refractivity contribution is 7.14. The van der Waals surface area contributed by atoms with E-state index in [2.05, 4.69) is 10.3 Å². The normalized spacial score (nSPS) is 21.7. The van der Waals surface area contributed by atoms with Gasteiger partial charge in [-0.15, -0.1) is 5.10 Å². The first-order chi connectivity index (χ1) is 10.4. The van der Waals surface area contributed by atoms with Crippen LogP contribution in [0.1, 0.15) is 53.7 Å². The van der Waals surface area contributed by atoms with Crippen molar-refractivity contribution in [2.24, 2.45) is 5.73 Å². The smallest absolute Gasteiger partial charge is 0.212 e. The number of nitrogens with zero attached hydrogens (tertiary/aromatic N) is 4. The first kappa shape index (κ1) is 13.4. The van der Waals surface area contributed by atoms with Gasteiger partial charge in [0.2, 0.25) is 5.13 Å². The highest BCUT2D eigenvalue weighted by atomic mass is 32.1. The van der Waals surface area contributed by atoms with Crippen LogP contribution in [0.25, 0.3) is 5.13 Å². The van der Waals surface area contributed by atoms with Crippen molar-refractivity contribution in [2.75, 3.05) is 6.61 Å². The van der Waals surface area contributed by atoms with Crippen LogP contribution in [-0.2, 0) is 24.1 Å². The van der Waals surface area contributed by atoms with Crippen molar-refractivity contribution in [3.63, 3.8) is 0 Å². The molecule has 1 saturated heterocycles. The van der Waals surface area contributed by atoms with Gasteiger partial charge >= 0.3 is 0 Å². The number of hydrogen-bond donors (Lipinski definition) is 1. The summed E-state index contributed by atoms with van der Waals surface area (Å²) in [5.74, 6) is 0. The Hall–Kier alpha value is -1.31. The van der Waals surface area contributed by atoms with Gasteiger partial charge in [-0.2, -0.15) is 4.68 Å². The van der Waals surface area contributed by atoms with E-state index in [0.717, 1.165) is 48.8 Å². The van der Waals surface area contributed by atoms with Crippen molar-refractivity contribution in [1.29, 1.82) is 0 Å². The molecule has 0 radical (unpaired) electrons. The van der Waals surface area contributed by atoms with Gasteiger partial charge in [0.05, 0.1) is 5.69 Å². The van der Waals surface area contributed by atoms with Crippen LogP contribution in [0.3, 0.4) is 0 Å². The average molecular weight is 305 g/mol. The van der Waals surface area contributed by atoms with Crippen molar-refractivity contribution in [3.8, 4) is 5.13 Å². The molecule has 3 heterocycles. The molecule has 2 N–H and O–H groups in total. The molecule has 0 amide bonds. The fourth-order valence-electron chi connectivity index (χ4n) is 3.15. The molecule has 6 nitrogen and oxygen atoms in total. The van der Waals surface area contributed by atoms with Crippen molar-refractivity contribution in [3.05, 3.63) is 22.0 Å². The summed E-state index contributed by atoms with van der Waals surface area (Å²) in [4.78, 5) is 6.19. The molecule has 4 rings (SSSR count). The lowest BCUT2D eigenvalue weighted by molar-refractivity contribution is 0.106. The fourth-order valence-corrected chi connectivity index (χ4v) is 4.26. The SMILES string of the molecule is NCc1nnn(-c2nc3c(s2)CCCC3)c1C1CCCO1. The summed E-state index contributed by atoms with van der Waals surface area (Å²) >= 11 is 1.74. The molecule has 2 aromatic rings. The minimum atomic E-state index is 0.0551. The first-order valence-electron chi connectivity index (χ1n) is 7.62. The standard InChI is InChI=1S/C14H19N5OS/c15-8-10-13(11-5-3-7-20-11)19(18-17-10)14-16-9-4-1-2-6-12(9)21-14/h11H,1-8,15H2. The molecule has 112 valence electrons. The van der Waals surface area contributed by atoms with Crippen molar-refractivity contribution < 1.29 is 4.74 Å². The molecule has 1 aliphatic carbocycles. The maximum atomic E-state index is 5.82. The van der Waals surface area contributed by atoms with Crippen LogP contribution in [0.2, 0.25) is 0 Å². The van der Waals surface area contributed by atoms with Gasteiger partial charge in [0.1, 0.15) is 17.5 Å². The lowest BCUT2D eigenvalue weighted by atomic mass is 10.0. The van der Waals surface area contributed by atoms with E-state index in [4.69, 9.17) is 15.5 Å².